The molecule has 0 saturated carbocycles. The third-order valence-electron chi connectivity index (χ3n) is 1.95. The van der Waals surface area contributed by atoms with Crippen molar-refractivity contribution in [3.8, 4) is 0 Å². The summed E-state index contributed by atoms with van der Waals surface area (Å²) in [6, 6.07) is 0. The minimum atomic E-state index is -3.10. The first-order valence-corrected chi connectivity index (χ1v) is 7.62. The number of anilines is 1. The van der Waals surface area contributed by atoms with Crippen LogP contribution in [0.4, 0.5) is 5.13 Å². The Morgan fingerprint density at radius 2 is 2.20 bits per heavy atom. The number of aromatic nitrogens is 2. The van der Waals surface area contributed by atoms with Gasteiger partial charge in [0, 0.05) is 0 Å². The second-order valence-corrected chi connectivity index (χ2v) is 7.86. The molecule has 2 unspecified atom stereocenters. The molecule has 3 N–H and O–H groups in total. The van der Waals surface area contributed by atoms with Gasteiger partial charge in [-0.3, -0.25) is 0 Å². The summed E-state index contributed by atoms with van der Waals surface area (Å²) in [5.74, 6) is -0.183. The third-order valence-corrected chi connectivity index (χ3v) is 6.03. The first-order chi connectivity index (χ1) is 6.96. The number of sulfone groups is 1. The molecule has 2 heterocycles. The molecule has 0 spiro atoms. The minimum absolute atomic E-state index is 0.0156. The third kappa shape index (κ3) is 2.60. The van der Waals surface area contributed by atoms with Crippen LogP contribution in [0.2, 0.25) is 0 Å². The van der Waals surface area contributed by atoms with Gasteiger partial charge in [-0.25, -0.2) is 8.42 Å². The summed E-state index contributed by atoms with van der Waals surface area (Å²) in [6.45, 7) is 0. The topological polar surface area (TPSA) is 106 Å². The molecule has 0 bridgehead atoms. The molecule has 0 radical (unpaired) electrons. The molecule has 0 aliphatic carbocycles. The van der Waals surface area contributed by atoms with Crippen LogP contribution in [0.25, 0.3) is 0 Å². The van der Waals surface area contributed by atoms with Crippen molar-refractivity contribution in [2.75, 3.05) is 17.2 Å². The Kier molecular flexibility index (Phi) is 2.88. The van der Waals surface area contributed by atoms with Gasteiger partial charge >= 0.3 is 0 Å². The maximum atomic E-state index is 11.2. The molecule has 2 atom stereocenters. The highest BCUT2D eigenvalue weighted by Crippen LogP contribution is 2.33. The van der Waals surface area contributed by atoms with Gasteiger partial charge in [-0.15, -0.1) is 10.2 Å². The zero-order valence-corrected chi connectivity index (χ0v) is 9.98. The molecule has 1 aromatic rings. The average molecular weight is 267 g/mol. The van der Waals surface area contributed by atoms with Crippen LogP contribution in [0.15, 0.2) is 4.34 Å². The fraction of sp³-hybridized carbons (Fsp3) is 0.667. The lowest BCUT2D eigenvalue weighted by Crippen LogP contribution is -2.19. The average Bonchev–Trinajstić information content (AvgIpc) is 2.58. The lowest BCUT2D eigenvalue weighted by molar-refractivity contribution is 0.207. The zero-order chi connectivity index (χ0) is 11.1. The highest BCUT2D eigenvalue weighted by Gasteiger charge is 2.37. The van der Waals surface area contributed by atoms with Crippen molar-refractivity contribution >= 4 is 38.1 Å². The van der Waals surface area contributed by atoms with Crippen molar-refractivity contribution in [1.82, 2.24) is 10.2 Å². The molecule has 0 aromatic carbocycles. The van der Waals surface area contributed by atoms with Crippen molar-refractivity contribution in [1.29, 1.82) is 0 Å². The Labute approximate surface area is 94.8 Å². The molecule has 1 aliphatic rings. The molecule has 1 fully saturated rings. The van der Waals surface area contributed by atoms with Gasteiger partial charge in [-0.05, 0) is 0 Å². The van der Waals surface area contributed by atoms with Crippen molar-refractivity contribution in [2.24, 2.45) is 0 Å². The Bertz CT molecular complexity index is 457. The van der Waals surface area contributed by atoms with Gasteiger partial charge in [0.05, 0.1) is 22.9 Å². The van der Waals surface area contributed by atoms with E-state index in [2.05, 4.69) is 10.2 Å². The molecule has 9 heteroatoms. The molecule has 1 saturated heterocycles. The Balaban J connectivity index is 2.08. The van der Waals surface area contributed by atoms with Crippen LogP contribution in [0, 0.1) is 0 Å². The van der Waals surface area contributed by atoms with Gasteiger partial charge in [0.15, 0.2) is 14.2 Å². The number of hydrogen-bond acceptors (Lipinski definition) is 8. The van der Waals surface area contributed by atoms with E-state index in [9.17, 15) is 13.5 Å². The number of nitrogens with zero attached hydrogens (tertiary/aromatic N) is 2. The lowest BCUT2D eigenvalue weighted by Gasteiger charge is -2.08. The monoisotopic (exact) mass is 267 g/mol. The van der Waals surface area contributed by atoms with Crippen LogP contribution < -0.4 is 5.73 Å². The van der Waals surface area contributed by atoms with Crippen molar-refractivity contribution in [2.45, 2.75) is 15.7 Å². The second-order valence-electron chi connectivity index (χ2n) is 3.21. The molecule has 1 aliphatic heterocycles. The van der Waals surface area contributed by atoms with Crippen LogP contribution in [0.3, 0.4) is 0 Å². The summed E-state index contributed by atoms with van der Waals surface area (Å²) in [5.41, 5.74) is 5.39. The summed E-state index contributed by atoms with van der Waals surface area (Å²) in [4.78, 5) is 0. The van der Waals surface area contributed by atoms with Crippen molar-refractivity contribution in [3.05, 3.63) is 0 Å². The minimum Gasteiger partial charge on any atom is -0.391 e. The second kappa shape index (κ2) is 3.89. The van der Waals surface area contributed by atoms with Crippen LogP contribution in [0.1, 0.15) is 0 Å². The summed E-state index contributed by atoms with van der Waals surface area (Å²) >= 11 is 2.41. The number of aliphatic hydroxyl groups excluding tert-OH is 1. The maximum Gasteiger partial charge on any atom is 0.203 e. The molecular weight excluding hydrogens is 258 g/mol. The number of nitrogen functional groups attached to an aromatic ring is 1. The molecular formula is C6H9N3O3S3. The van der Waals surface area contributed by atoms with Gasteiger partial charge in [-0.1, -0.05) is 23.1 Å². The van der Waals surface area contributed by atoms with Crippen LogP contribution in [-0.2, 0) is 9.84 Å². The summed E-state index contributed by atoms with van der Waals surface area (Å²) < 4.78 is 23.0. The van der Waals surface area contributed by atoms with E-state index in [4.69, 9.17) is 5.73 Å². The fourth-order valence-electron chi connectivity index (χ4n) is 1.31. The van der Waals surface area contributed by atoms with E-state index in [1.165, 1.54) is 23.1 Å². The van der Waals surface area contributed by atoms with E-state index in [0.717, 1.165) is 0 Å². The quantitative estimate of drug-likeness (QED) is 0.734. The molecule has 0 amide bonds. The first kappa shape index (κ1) is 11.1. The Morgan fingerprint density at radius 3 is 2.67 bits per heavy atom. The molecule has 84 valence electrons. The maximum absolute atomic E-state index is 11.2. The summed E-state index contributed by atoms with van der Waals surface area (Å²) in [6.07, 6.45) is -0.829. The normalized spacial score (nSPS) is 29.4. The van der Waals surface area contributed by atoms with Crippen LogP contribution >= 0.6 is 23.1 Å². The Morgan fingerprint density at radius 1 is 1.47 bits per heavy atom. The standard InChI is InChI=1S/C6H9N3O3S3/c7-5-8-9-6(14-5)13-4-2-15(11,12)1-3(4)10/h3-4,10H,1-2H2,(H2,7,8). The number of rotatable bonds is 2. The number of hydrogen-bond donors (Lipinski definition) is 2. The predicted molar refractivity (Wildman–Crippen MR) is 58.6 cm³/mol. The van der Waals surface area contributed by atoms with Crippen molar-refractivity contribution in [3.63, 3.8) is 0 Å². The lowest BCUT2D eigenvalue weighted by atomic mass is 10.3. The zero-order valence-electron chi connectivity index (χ0n) is 7.53. The largest absolute Gasteiger partial charge is 0.391 e. The van der Waals surface area contributed by atoms with E-state index in [0.29, 0.717) is 9.47 Å². The fourth-order valence-corrected chi connectivity index (χ4v) is 5.70. The number of aliphatic hydroxyl groups is 1. The SMILES string of the molecule is Nc1nnc(SC2CS(=O)(=O)CC2O)s1. The summed E-state index contributed by atoms with van der Waals surface area (Å²) in [5, 5.41) is 16.9. The molecule has 2 rings (SSSR count). The molecule has 15 heavy (non-hydrogen) atoms. The van der Waals surface area contributed by atoms with Gasteiger partial charge in [0.2, 0.25) is 5.13 Å². The number of thioether (sulfide) groups is 1. The van der Waals surface area contributed by atoms with E-state index in [-0.39, 0.29) is 16.8 Å². The highest BCUT2D eigenvalue weighted by molar-refractivity contribution is 8.03. The van der Waals surface area contributed by atoms with E-state index in [1.807, 2.05) is 0 Å². The first-order valence-electron chi connectivity index (χ1n) is 4.10. The van der Waals surface area contributed by atoms with Crippen LogP contribution in [0.5, 0.6) is 0 Å². The van der Waals surface area contributed by atoms with Crippen molar-refractivity contribution < 1.29 is 13.5 Å². The highest BCUT2D eigenvalue weighted by atomic mass is 32.2. The van der Waals surface area contributed by atoms with Gasteiger partial charge in [-0.2, -0.15) is 0 Å². The number of nitrogens with two attached hydrogens (primary N) is 1. The van der Waals surface area contributed by atoms with E-state index in [1.54, 1.807) is 0 Å². The van der Waals surface area contributed by atoms with E-state index >= 15 is 0 Å². The van der Waals surface area contributed by atoms with Crippen LogP contribution in [-0.4, -0.2) is 46.6 Å². The predicted octanol–water partition coefficient (Wildman–Crippen LogP) is -0.630. The van der Waals surface area contributed by atoms with Gasteiger partial charge in [0.25, 0.3) is 0 Å². The summed E-state index contributed by atoms with van der Waals surface area (Å²) in [7, 11) is -3.10. The van der Waals surface area contributed by atoms with Gasteiger partial charge < -0.3 is 10.8 Å². The van der Waals surface area contributed by atoms with Gasteiger partial charge in [0.1, 0.15) is 0 Å². The smallest absolute Gasteiger partial charge is 0.203 e. The molecule has 6 nitrogen and oxygen atoms in total. The molecule has 1 aromatic heterocycles. The van der Waals surface area contributed by atoms with E-state index < -0.39 is 15.9 Å². The Hall–Kier alpha value is -0.380.